The molecule has 2 fully saturated rings. The van der Waals surface area contributed by atoms with Crippen LogP contribution in [0, 0.1) is 11.8 Å². The van der Waals surface area contributed by atoms with E-state index in [9.17, 15) is 0 Å². The monoisotopic (exact) mass is 281 g/mol. The molecular formula is C17H35N3. The fourth-order valence-corrected chi connectivity index (χ4v) is 3.80. The molecule has 1 N–H and O–H groups in total. The van der Waals surface area contributed by atoms with E-state index in [2.05, 4.69) is 36.0 Å². The standard InChI is InChI=1S/C17H35N3/c1-4-9-20-10-5-6-17(14-20)15(2)18-13-16-7-11-19(3)12-8-16/h15-18H,4-14H2,1-3H3. The Bertz CT molecular complexity index is 259. The zero-order valence-corrected chi connectivity index (χ0v) is 13.9. The molecule has 0 saturated carbocycles. The summed E-state index contributed by atoms with van der Waals surface area (Å²) in [5.74, 6) is 1.77. The van der Waals surface area contributed by atoms with Crippen LogP contribution in [0.2, 0.25) is 0 Å². The molecule has 0 aromatic heterocycles. The highest BCUT2D eigenvalue weighted by atomic mass is 15.1. The third kappa shape index (κ3) is 5.01. The van der Waals surface area contributed by atoms with Crippen LogP contribution < -0.4 is 5.32 Å². The van der Waals surface area contributed by atoms with Crippen LogP contribution in [-0.2, 0) is 0 Å². The van der Waals surface area contributed by atoms with Crippen molar-refractivity contribution >= 4 is 0 Å². The van der Waals surface area contributed by atoms with Gasteiger partial charge in [0.1, 0.15) is 0 Å². The molecule has 2 saturated heterocycles. The fourth-order valence-electron chi connectivity index (χ4n) is 3.80. The molecule has 118 valence electrons. The Hall–Kier alpha value is -0.120. The second-order valence-electron chi connectivity index (χ2n) is 7.15. The van der Waals surface area contributed by atoms with E-state index >= 15 is 0 Å². The van der Waals surface area contributed by atoms with E-state index in [-0.39, 0.29) is 0 Å². The van der Waals surface area contributed by atoms with Gasteiger partial charge in [0.25, 0.3) is 0 Å². The molecule has 2 rings (SSSR count). The van der Waals surface area contributed by atoms with E-state index in [1.807, 2.05) is 0 Å². The summed E-state index contributed by atoms with van der Waals surface area (Å²) in [7, 11) is 2.25. The van der Waals surface area contributed by atoms with Crippen molar-refractivity contribution in [2.24, 2.45) is 11.8 Å². The van der Waals surface area contributed by atoms with Gasteiger partial charge in [0.15, 0.2) is 0 Å². The zero-order chi connectivity index (χ0) is 14.4. The van der Waals surface area contributed by atoms with Gasteiger partial charge >= 0.3 is 0 Å². The highest BCUT2D eigenvalue weighted by Crippen LogP contribution is 2.21. The molecule has 2 aliphatic heterocycles. The summed E-state index contributed by atoms with van der Waals surface area (Å²) in [4.78, 5) is 5.13. The van der Waals surface area contributed by atoms with Crippen LogP contribution in [0.1, 0.15) is 46.0 Å². The molecule has 0 bridgehead atoms. The SMILES string of the molecule is CCCN1CCCC(C(C)NCC2CCN(C)CC2)C1. The molecule has 2 unspecified atom stereocenters. The number of nitrogens with zero attached hydrogens (tertiary/aromatic N) is 2. The van der Waals surface area contributed by atoms with E-state index in [0.717, 1.165) is 11.8 Å². The number of rotatable bonds is 6. The normalized spacial score (nSPS) is 28.6. The summed E-state index contributed by atoms with van der Waals surface area (Å²) >= 11 is 0. The number of hydrogen-bond acceptors (Lipinski definition) is 3. The highest BCUT2D eigenvalue weighted by Gasteiger charge is 2.25. The smallest absolute Gasteiger partial charge is 0.00793 e. The van der Waals surface area contributed by atoms with Gasteiger partial charge in [-0.25, -0.2) is 0 Å². The number of nitrogens with one attached hydrogen (secondary N) is 1. The maximum Gasteiger partial charge on any atom is 0.00793 e. The highest BCUT2D eigenvalue weighted by molar-refractivity contribution is 4.82. The number of likely N-dealkylation sites (tertiary alicyclic amines) is 2. The first kappa shape index (κ1) is 16.3. The molecule has 0 aromatic rings. The molecular weight excluding hydrogens is 246 g/mol. The van der Waals surface area contributed by atoms with Gasteiger partial charge in [-0.3, -0.25) is 0 Å². The quantitative estimate of drug-likeness (QED) is 0.807. The van der Waals surface area contributed by atoms with Crippen LogP contribution in [0.15, 0.2) is 0 Å². The van der Waals surface area contributed by atoms with Crippen LogP contribution in [0.4, 0.5) is 0 Å². The second kappa shape index (κ2) is 8.35. The molecule has 2 atom stereocenters. The topological polar surface area (TPSA) is 18.5 Å². The Labute approximate surface area is 126 Å². The lowest BCUT2D eigenvalue weighted by Crippen LogP contribution is -2.46. The second-order valence-corrected chi connectivity index (χ2v) is 7.15. The first-order valence-corrected chi connectivity index (χ1v) is 8.83. The predicted octanol–water partition coefficient (Wildman–Crippen LogP) is 2.43. The van der Waals surface area contributed by atoms with E-state index in [4.69, 9.17) is 0 Å². The lowest BCUT2D eigenvalue weighted by atomic mass is 9.90. The van der Waals surface area contributed by atoms with Gasteiger partial charge in [0.2, 0.25) is 0 Å². The molecule has 0 aliphatic carbocycles. The van der Waals surface area contributed by atoms with Crippen molar-refractivity contribution in [2.45, 2.75) is 52.0 Å². The van der Waals surface area contributed by atoms with Crippen molar-refractivity contribution in [1.82, 2.24) is 15.1 Å². The Morgan fingerprint density at radius 3 is 2.60 bits per heavy atom. The van der Waals surface area contributed by atoms with E-state index in [1.54, 1.807) is 0 Å². The molecule has 2 aliphatic rings. The average Bonchev–Trinajstić information content (AvgIpc) is 2.47. The average molecular weight is 281 g/mol. The van der Waals surface area contributed by atoms with Crippen molar-refractivity contribution in [3.63, 3.8) is 0 Å². The van der Waals surface area contributed by atoms with Crippen LogP contribution in [0.5, 0.6) is 0 Å². The van der Waals surface area contributed by atoms with Gasteiger partial charge in [-0.15, -0.1) is 0 Å². The van der Waals surface area contributed by atoms with Crippen molar-refractivity contribution in [1.29, 1.82) is 0 Å². The molecule has 3 heteroatoms. The first-order chi connectivity index (χ1) is 9.69. The summed E-state index contributed by atoms with van der Waals surface area (Å²) in [6.07, 6.45) is 6.86. The molecule has 2 heterocycles. The minimum Gasteiger partial charge on any atom is -0.314 e. The number of hydrogen-bond donors (Lipinski definition) is 1. The van der Waals surface area contributed by atoms with Crippen molar-refractivity contribution < 1.29 is 0 Å². The van der Waals surface area contributed by atoms with E-state index in [0.29, 0.717) is 6.04 Å². The Morgan fingerprint density at radius 1 is 1.15 bits per heavy atom. The maximum atomic E-state index is 3.85. The third-order valence-corrected chi connectivity index (χ3v) is 5.36. The Balaban J connectivity index is 1.67. The van der Waals surface area contributed by atoms with Crippen LogP contribution in [0.25, 0.3) is 0 Å². The van der Waals surface area contributed by atoms with Crippen LogP contribution >= 0.6 is 0 Å². The molecule has 3 nitrogen and oxygen atoms in total. The summed E-state index contributed by atoms with van der Waals surface area (Å²) in [6, 6.07) is 0.689. The van der Waals surface area contributed by atoms with Gasteiger partial charge in [0, 0.05) is 12.6 Å². The summed E-state index contributed by atoms with van der Waals surface area (Å²) in [5, 5.41) is 3.85. The fraction of sp³-hybridized carbons (Fsp3) is 1.00. The van der Waals surface area contributed by atoms with E-state index in [1.165, 1.54) is 71.4 Å². The third-order valence-electron chi connectivity index (χ3n) is 5.36. The van der Waals surface area contributed by atoms with Gasteiger partial charge in [-0.1, -0.05) is 6.92 Å². The van der Waals surface area contributed by atoms with Crippen molar-refractivity contribution in [3.8, 4) is 0 Å². The number of piperidine rings is 2. The first-order valence-electron chi connectivity index (χ1n) is 8.83. The largest absolute Gasteiger partial charge is 0.314 e. The lowest BCUT2D eigenvalue weighted by molar-refractivity contribution is 0.145. The van der Waals surface area contributed by atoms with Gasteiger partial charge < -0.3 is 15.1 Å². The maximum absolute atomic E-state index is 3.85. The van der Waals surface area contributed by atoms with Gasteiger partial charge in [-0.05, 0) is 90.6 Å². The minimum atomic E-state index is 0.689. The lowest BCUT2D eigenvalue weighted by Gasteiger charge is -2.37. The molecule has 0 amide bonds. The Morgan fingerprint density at radius 2 is 1.90 bits per heavy atom. The molecule has 0 aromatic carbocycles. The van der Waals surface area contributed by atoms with Crippen LogP contribution in [0.3, 0.4) is 0 Å². The minimum absolute atomic E-state index is 0.689. The summed E-state index contributed by atoms with van der Waals surface area (Å²) in [5.41, 5.74) is 0. The molecule has 20 heavy (non-hydrogen) atoms. The predicted molar refractivity (Wildman–Crippen MR) is 87.1 cm³/mol. The van der Waals surface area contributed by atoms with Crippen molar-refractivity contribution in [2.75, 3.05) is 46.3 Å². The molecule has 0 spiro atoms. The zero-order valence-electron chi connectivity index (χ0n) is 13.9. The van der Waals surface area contributed by atoms with Crippen LogP contribution in [-0.4, -0.2) is 62.2 Å². The Kier molecular flexibility index (Phi) is 6.79. The van der Waals surface area contributed by atoms with E-state index < -0.39 is 0 Å². The summed E-state index contributed by atoms with van der Waals surface area (Å²) < 4.78 is 0. The summed E-state index contributed by atoms with van der Waals surface area (Å²) in [6.45, 7) is 12.4. The van der Waals surface area contributed by atoms with Gasteiger partial charge in [0.05, 0.1) is 0 Å². The molecule has 0 radical (unpaired) electrons. The van der Waals surface area contributed by atoms with Crippen molar-refractivity contribution in [3.05, 3.63) is 0 Å². The van der Waals surface area contributed by atoms with Gasteiger partial charge in [-0.2, -0.15) is 0 Å².